The van der Waals surface area contributed by atoms with Crippen LogP contribution in [0.3, 0.4) is 0 Å². The predicted molar refractivity (Wildman–Crippen MR) is 79.1 cm³/mol. The van der Waals surface area contributed by atoms with Crippen LogP contribution in [0.15, 0.2) is 29.4 Å². The number of H-pyrrole nitrogens is 1. The minimum atomic E-state index is -0.700. The highest BCUT2D eigenvalue weighted by molar-refractivity contribution is 6.06. The number of benzene rings is 1. The molecule has 1 aliphatic heterocycles. The molecule has 1 amide bonds. The molecule has 0 saturated heterocycles. The minimum absolute atomic E-state index is 0.284. The smallest absolute Gasteiger partial charge is 0.268 e. The van der Waals surface area contributed by atoms with Gasteiger partial charge in [-0.25, -0.2) is 4.39 Å². The van der Waals surface area contributed by atoms with E-state index in [4.69, 9.17) is 4.84 Å². The van der Waals surface area contributed by atoms with Crippen LogP contribution in [0.1, 0.15) is 23.4 Å². The van der Waals surface area contributed by atoms with E-state index in [1.807, 2.05) is 6.92 Å². The van der Waals surface area contributed by atoms with Crippen molar-refractivity contribution >= 4 is 17.3 Å². The highest BCUT2D eigenvalue weighted by Gasteiger charge is 2.29. The lowest BCUT2D eigenvalue weighted by atomic mass is 10.0. The van der Waals surface area contributed by atoms with Gasteiger partial charge >= 0.3 is 0 Å². The number of carbonyl (C=O) groups is 1. The number of anilines is 1. The fourth-order valence-electron chi connectivity index (χ4n) is 2.27. The number of carbonyl (C=O) groups excluding carboxylic acids is 1. The summed E-state index contributed by atoms with van der Waals surface area (Å²) in [4.78, 5) is 17.4. The fourth-order valence-corrected chi connectivity index (χ4v) is 2.27. The number of nitrogens with zero attached hydrogens (tertiary/aromatic N) is 2. The summed E-state index contributed by atoms with van der Waals surface area (Å²) in [7, 11) is 0. The third-order valence-electron chi connectivity index (χ3n) is 3.52. The second-order valence-electron chi connectivity index (χ2n) is 5.14. The first kappa shape index (κ1) is 14.2. The zero-order valence-electron chi connectivity index (χ0n) is 12.2. The van der Waals surface area contributed by atoms with Crippen LogP contribution in [0.25, 0.3) is 0 Å². The molecule has 22 heavy (non-hydrogen) atoms. The number of hydrogen-bond acceptors (Lipinski definition) is 4. The Morgan fingerprint density at radius 1 is 1.36 bits per heavy atom. The lowest BCUT2D eigenvalue weighted by Gasteiger charge is -2.09. The Kier molecular flexibility index (Phi) is 3.62. The number of aromatic amines is 1. The van der Waals surface area contributed by atoms with Gasteiger partial charge in [0.1, 0.15) is 5.82 Å². The summed E-state index contributed by atoms with van der Waals surface area (Å²) >= 11 is 0. The SMILES string of the molecule is Cc1n[nH]c(C)c1NC(=O)[C@H]1CC(c2ccc(F)cc2)=NO1. The van der Waals surface area contributed by atoms with E-state index in [0.29, 0.717) is 23.5 Å². The van der Waals surface area contributed by atoms with Crippen LogP contribution in [0, 0.1) is 19.7 Å². The molecular weight excluding hydrogens is 287 g/mol. The Balaban J connectivity index is 1.66. The van der Waals surface area contributed by atoms with Gasteiger partial charge in [-0.3, -0.25) is 9.89 Å². The van der Waals surface area contributed by atoms with Crippen molar-refractivity contribution in [3.05, 3.63) is 47.0 Å². The maximum absolute atomic E-state index is 12.9. The zero-order chi connectivity index (χ0) is 15.7. The molecule has 0 bridgehead atoms. The van der Waals surface area contributed by atoms with Crippen LogP contribution in [0.4, 0.5) is 10.1 Å². The Morgan fingerprint density at radius 3 is 2.73 bits per heavy atom. The van der Waals surface area contributed by atoms with Gasteiger partial charge in [0.15, 0.2) is 0 Å². The third-order valence-corrected chi connectivity index (χ3v) is 3.52. The number of amides is 1. The maximum atomic E-state index is 12.9. The van der Waals surface area contributed by atoms with E-state index in [-0.39, 0.29) is 11.7 Å². The number of hydrogen-bond donors (Lipinski definition) is 2. The standard InChI is InChI=1S/C15H15FN4O2/c1-8-14(9(2)19-18-8)17-15(21)13-7-12(20-22-13)10-3-5-11(16)6-4-10/h3-6,13H,7H2,1-2H3,(H,17,21)(H,18,19)/t13-/m1/s1. The number of aryl methyl sites for hydroxylation is 2. The molecule has 0 aliphatic carbocycles. The van der Waals surface area contributed by atoms with Crippen molar-refractivity contribution in [2.24, 2.45) is 5.16 Å². The fraction of sp³-hybridized carbons (Fsp3) is 0.267. The summed E-state index contributed by atoms with van der Waals surface area (Å²) in [6.45, 7) is 3.63. The van der Waals surface area contributed by atoms with Crippen molar-refractivity contribution in [2.75, 3.05) is 5.32 Å². The van der Waals surface area contributed by atoms with Gasteiger partial charge in [0.25, 0.3) is 5.91 Å². The average Bonchev–Trinajstić information content (AvgIpc) is 3.10. The van der Waals surface area contributed by atoms with Gasteiger partial charge in [-0.2, -0.15) is 5.10 Å². The number of oxime groups is 1. The molecule has 0 unspecified atom stereocenters. The second-order valence-corrected chi connectivity index (χ2v) is 5.14. The molecule has 0 saturated carbocycles. The highest BCUT2D eigenvalue weighted by Crippen LogP contribution is 2.21. The van der Waals surface area contributed by atoms with Crippen LogP contribution in [-0.2, 0) is 9.63 Å². The van der Waals surface area contributed by atoms with Gasteiger partial charge in [0, 0.05) is 6.42 Å². The molecule has 2 N–H and O–H groups in total. The van der Waals surface area contributed by atoms with E-state index in [2.05, 4.69) is 20.7 Å². The summed E-state index contributed by atoms with van der Waals surface area (Å²) in [5, 5.41) is 13.5. The first-order valence-electron chi connectivity index (χ1n) is 6.85. The molecule has 0 radical (unpaired) electrons. The zero-order valence-corrected chi connectivity index (χ0v) is 12.2. The van der Waals surface area contributed by atoms with Gasteiger partial charge < -0.3 is 10.2 Å². The van der Waals surface area contributed by atoms with Gasteiger partial charge in [0.2, 0.25) is 6.10 Å². The highest BCUT2D eigenvalue weighted by atomic mass is 19.1. The van der Waals surface area contributed by atoms with E-state index in [9.17, 15) is 9.18 Å². The number of halogens is 1. The van der Waals surface area contributed by atoms with Crippen LogP contribution >= 0.6 is 0 Å². The molecular formula is C15H15FN4O2. The molecule has 2 aromatic rings. The lowest BCUT2D eigenvalue weighted by Crippen LogP contribution is -2.28. The Bertz CT molecular complexity index is 717. The summed E-state index contributed by atoms with van der Waals surface area (Å²) in [5.74, 6) is -0.600. The van der Waals surface area contributed by atoms with Crippen LogP contribution in [0.2, 0.25) is 0 Å². The molecule has 0 spiro atoms. The van der Waals surface area contributed by atoms with Gasteiger partial charge in [0.05, 0.1) is 22.8 Å². The molecule has 1 aliphatic rings. The quantitative estimate of drug-likeness (QED) is 0.913. The molecule has 7 heteroatoms. The van der Waals surface area contributed by atoms with Crippen LogP contribution < -0.4 is 5.32 Å². The van der Waals surface area contributed by atoms with E-state index in [1.165, 1.54) is 12.1 Å². The minimum Gasteiger partial charge on any atom is -0.382 e. The Labute approximate surface area is 126 Å². The maximum Gasteiger partial charge on any atom is 0.268 e. The number of nitrogens with one attached hydrogen (secondary N) is 2. The van der Waals surface area contributed by atoms with E-state index in [0.717, 1.165) is 11.3 Å². The van der Waals surface area contributed by atoms with Gasteiger partial charge in [-0.05, 0) is 31.5 Å². The van der Waals surface area contributed by atoms with Crippen LogP contribution in [-0.4, -0.2) is 27.9 Å². The lowest BCUT2D eigenvalue weighted by molar-refractivity contribution is -0.125. The van der Waals surface area contributed by atoms with E-state index < -0.39 is 6.10 Å². The largest absolute Gasteiger partial charge is 0.382 e. The Hall–Kier alpha value is -2.70. The van der Waals surface area contributed by atoms with Crippen molar-refractivity contribution in [3.8, 4) is 0 Å². The van der Waals surface area contributed by atoms with Crippen molar-refractivity contribution < 1.29 is 14.0 Å². The molecule has 1 aromatic heterocycles. The molecule has 2 heterocycles. The van der Waals surface area contributed by atoms with Crippen molar-refractivity contribution in [1.29, 1.82) is 0 Å². The molecule has 6 nitrogen and oxygen atoms in total. The van der Waals surface area contributed by atoms with E-state index >= 15 is 0 Å². The van der Waals surface area contributed by atoms with E-state index in [1.54, 1.807) is 19.1 Å². The summed E-state index contributed by atoms with van der Waals surface area (Å²) in [5.41, 5.74) is 3.52. The predicted octanol–water partition coefficient (Wildman–Crippen LogP) is 2.30. The van der Waals surface area contributed by atoms with Gasteiger partial charge in [-0.1, -0.05) is 17.3 Å². The summed E-state index contributed by atoms with van der Waals surface area (Å²) < 4.78 is 12.9. The summed E-state index contributed by atoms with van der Waals surface area (Å²) in [6.07, 6.45) is -0.360. The molecule has 3 rings (SSSR count). The first-order chi connectivity index (χ1) is 10.5. The monoisotopic (exact) mass is 302 g/mol. The Morgan fingerprint density at radius 2 is 2.09 bits per heavy atom. The number of rotatable bonds is 3. The van der Waals surface area contributed by atoms with Crippen molar-refractivity contribution in [2.45, 2.75) is 26.4 Å². The van der Waals surface area contributed by atoms with Crippen molar-refractivity contribution in [3.63, 3.8) is 0 Å². The summed E-state index contributed by atoms with van der Waals surface area (Å²) in [6, 6.07) is 5.93. The van der Waals surface area contributed by atoms with Gasteiger partial charge in [-0.15, -0.1) is 0 Å². The molecule has 0 fully saturated rings. The first-order valence-corrected chi connectivity index (χ1v) is 6.85. The molecule has 1 atom stereocenters. The second kappa shape index (κ2) is 5.59. The average molecular weight is 302 g/mol. The van der Waals surface area contributed by atoms with Crippen molar-refractivity contribution in [1.82, 2.24) is 10.2 Å². The normalized spacial score (nSPS) is 17.0. The molecule has 114 valence electrons. The third kappa shape index (κ3) is 2.69. The number of aromatic nitrogens is 2. The topological polar surface area (TPSA) is 79.4 Å². The van der Waals surface area contributed by atoms with Crippen LogP contribution in [0.5, 0.6) is 0 Å². The molecule has 1 aromatic carbocycles.